The predicted octanol–water partition coefficient (Wildman–Crippen LogP) is 1.60. The van der Waals surface area contributed by atoms with Crippen LogP contribution in [0.4, 0.5) is 0 Å². The molecular formula is C13H25NO3S. The maximum atomic E-state index is 12.4. The fraction of sp³-hybridized carbons (Fsp3) is 1.00. The maximum Gasteiger partial charge on any atom is 0.214 e. The fourth-order valence-corrected chi connectivity index (χ4v) is 5.17. The smallest absolute Gasteiger partial charge is 0.214 e. The molecule has 4 nitrogen and oxygen atoms in total. The van der Waals surface area contributed by atoms with Crippen molar-refractivity contribution in [2.75, 3.05) is 25.4 Å². The Labute approximate surface area is 110 Å². The van der Waals surface area contributed by atoms with Crippen molar-refractivity contribution in [3.63, 3.8) is 0 Å². The summed E-state index contributed by atoms with van der Waals surface area (Å²) >= 11 is 0. The average Bonchev–Trinajstić information content (AvgIpc) is 2.39. The summed E-state index contributed by atoms with van der Waals surface area (Å²) < 4.78 is 26.3. The van der Waals surface area contributed by atoms with Crippen LogP contribution in [-0.4, -0.2) is 43.3 Å². The summed E-state index contributed by atoms with van der Waals surface area (Å²) in [5.74, 6) is 0.823. The van der Waals surface area contributed by atoms with Crippen LogP contribution >= 0.6 is 0 Å². The molecule has 2 aliphatic rings. The van der Waals surface area contributed by atoms with Crippen LogP contribution in [0.15, 0.2) is 0 Å². The van der Waals surface area contributed by atoms with Crippen LogP contribution in [0.5, 0.6) is 0 Å². The molecule has 1 aliphatic heterocycles. The molecule has 0 aromatic carbocycles. The van der Waals surface area contributed by atoms with Gasteiger partial charge in [-0.15, -0.1) is 0 Å². The molecule has 0 aromatic rings. The van der Waals surface area contributed by atoms with Gasteiger partial charge in [0.2, 0.25) is 10.0 Å². The molecule has 18 heavy (non-hydrogen) atoms. The van der Waals surface area contributed by atoms with Crippen molar-refractivity contribution in [1.82, 2.24) is 4.31 Å². The summed E-state index contributed by atoms with van der Waals surface area (Å²) in [5.41, 5.74) is 0. The first kappa shape index (κ1) is 14.3. The first-order chi connectivity index (χ1) is 8.62. The van der Waals surface area contributed by atoms with Gasteiger partial charge in [0.1, 0.15) is 0 Å². The number of rotatable bonds is 4. The molecule has 5 heteroatoms. The second kappa shape index (κ2) is 6.35. The van der Waals surface area contributed by atoms with Crippen LogP contribution in [0.25, 0.3) is 0 Å². The first-order valence-electron chi connectivity index (χ1n) is 7.20. The highest BCUT2D eigenvalue weighted by atomic mass is 32.2. The Hall–Kier alpha value is -0.130. The van der Waals surface area contributed by atoms with Crippen molar-refractivity contribution < 1.29 is 13.5 Å². The van der Waals surface area contributed by atoms with Crippen molar-refractivity contribution in [1.29, 1.82) is 0 Å². The molecule has 1 saturated heterocycles. The van der Waals surface area contributed by atoms with E-state index < -0.39 is 10.0 Å². The van der Waals surface area contributed by atoms with Gasteiger partial charge in [0.15, 0.2) is 0 Å². The highest BCUT2D eigenvalue weighted by molar-refractivity contribution is 7.89. The minimum atomic E-state index is -3.10. The molecule has 1 aliphatic carbocycles. The maximum absolute atomic E-state index is 12.4. The predicted molar refractivity (Wildman–Crippen MR) is 71.7 cm³/mol. The first-order valence-corrected chi connectivity index (χ1v) is 8.81. The van der Waals surface area contributed by atoms with Gasteiger partial charge >= 0.3 is 0 Å². The van der Waals surface area contributed by atoms with E-state index in [1.807, 2.05) is 0 Å². The molecule has 1 N–H and O–H groups in total. The zero-order valence-electron chi connectivity index (χ0n) is 11.1. The van der Waals surface area contributed by atoms with E-state index in [0.717, 1.165) is 25.7 Å². The zero-order valence-corrected chi connectivity index (χ0v) is 11.9. The molecule has 0 spiro atoms. The van der Waals surface area contributed by atoms with Crippen LogP contribution < -0.4 is 0 Å². The normalized spacial score (nSPS) is 28.4. The van der Waals surface area contributed by atoms with Gasteiger partial charge in [0, 0.05) is 19.7 Å². The summed E-state index contributed by atoms with van der Waals surface area (Å²) in [5, 5.41) is 9.17. The lowest BCUT2D eigenvalue weighted by atomic mass is 9.91. The lowest BCUT2D eigenvalue weighted by Crippen LogP contribution is -2.43. The van der Waals surface area contributed by atoms with Crippen LogP contribution in [0.2, 0.25) is 0 Å². The molecule has 1 saturated carbocycles. The van der Waals surface area contributed by atoms with E-state index in [0.29, 0.717) is 24.8 Å². The Kier molecular flexibility index (Phi) is 5.04. The summed E-state index contributed by atoms with van der Waals surface area (Å²) in [6, 6.07) is 0. The van der Waals surface area contributed by atoms with Gasteiger partial charge in [-0.25, -0.2) is 12.7 Å². The summed E-state index contributed by atoms with van der Waals surface area (Å²) in [6.07, 6.45) is 7.58. The third-order valence-corrected chi connectivity index (χ3v) is 6.32. The second-order valence-electron chi connectivity index (χ2n) is 5.83. The summed E-state index contributed by atoms with van der Waals surface area (Å²) in [7, 11) is -3.10. The van der Waals surface area contributed by atoms with E-state index in [1.165, 1.54) is 19.3 Å². The molecular weight excluding hydrogens is 250 g/mol. The number of aliphatic hydroxyl groups excluding tert-OH is 1. The molecule has 2 fully saturated rings. The lowest BCUT2D eigenvalue weighted by Gasteiger charge is -2.32. The minimum Gasteiger partial charge on any atom is -0.396 e. The minimum absolute atomic E-state index is 0.107. The van der Waals surface area contributed by atoms with Crippen LogP contribution in [0.3, 0.4) is 0 Å². The number of hydrogen-bond acceptors (Lipinski definition) is 3. The second-order valence-corrected chi connectivity index (χ2v) is 7.84. The molecule has 106 valence electrons. The third-order valence-electron chi connectivity index (χ3n) is 4.30. The monoisotopic (exact) mass is 275 g/mol. The Bertz CT molecular complexity index is 349. The van der Waals surface area contributed by atoms with E-state index in [4.69, 9.17) is 0 Å². The van der Waals surface area contributed by atoms with E-state index in [2.05, 4.69) is 0 Å². The van der Waals surface area contributed by atoms with Crippen molar-refractivity contribution in [3.05, 3.63) is 0 Å². The number of piperidine rings is 1. The van der Waals surface area contributed by atoms with Gasteiger partial charge in [-0.2, -0.15) is 0 Å². The third kappa shape index (κ3) is 3.68. The number of sulfonamides is 1. The molecule has 0 radical (unpaired) electrons. The largest absolute Gasteiger partial charge is 0.396 e. The Morgan fingerprint density at radius 1 is 1.00 bits per heavy atom. The highest BCUT2D eigenvalue weighted by Gasteiger charge is 2.31. The number of hydrogen-bond donors (Lipinski definition) is 1. The topological polar surface area (TPSA) is 57.6 Å². The van der Waals surface area contributed by atoms with Gasteiger partial charge in [-0.3, -0.25) is 0 Å². The standard InChI is InChI=1S/C13H25NO3S/c15-10-13-7-4-8-14(9-13)18(16,17)11-12-5-2-1-3-6-12/h12-13,15H,1-11H2. The highest BCUT2D eigenvalue weighted by Crippen LogP contribution is 2.27. The molecule has 1 unspecified atom stereocenters. The van der Waals surface area contributed by atoms with Crippen molar-refractivity contribution in [2.45, 2.75) is 44.9 Å². The van der Waals surface area contributed by atoms with Crippen LogP contribution in [0.1, 0.15) is 44.9 Å². The summed E-state index contributed by atoms with van der Waals surface area (Å²) in [6.45, 7) is 1.27. The Morgan fingerprint density at radius 3 is 2.33 bits per heavy atom. The molecule has 0 amide bonds. The number of aliphatic hydroxyl groups is 1. The lowest BCUT2D eigenvalue weighted by molar-refractivity contribution is 0.165. The average molecular weight is 275 g/mol. The van der Waals surface area contributed by atoms with Gasteiger partial charge in [0.05, 0.1) is 5.75 Å². The number of nitrogens with zero attached hydrogens (tertiary/aromatic N) is 1. The molecule has 0 bridgehead atoms. The Morgan fingerprint density at radius 2 is 1.67 bits per heavy atom. The van der Waals surface area contributed by atoms with Crippen molar-refractivity contribution >= 4 is 10.0 Å². The van der Waals surface area contributed by atoms with E-state index in [9.17, 15) is 13.5 Å². The van der Waals surface area contributed by atoms with Crippen LogP contribution in [0, 0.1) is 11.8 Å². The van der Waals surface area contributed by atoms with Gasteiger partial charge in [0.25, 0.3) is 0 Å². The fourth-order valence-electron chi connectivity index (χ4n) is 3.19. The SMILES string of the molecule is O=S(=O)(CC1CCCCC1)N1CCCC(CO)C1. The Balaban J connectivity index is 1.92. The van der Waals surface area contributed by atoms with E-state index in [1.54, 1.807) is 4.31 Å². The van der Waals surface area contributed by atoms with Crippen molar-refractivity contribution in [3.8, 4) is 0 Å². The van der Waals surface area contributed by atoms with E-state index >= 15 is 0 Å². The summed E-state index contributed by atoms with van der Waals surface area (Å²) in [4.78, 5) is 0. The van der Waals surface area contributed by atoms with Crippen LogP contribution in [-0.2, 0) is 10.0 Å². The molecule has 1 heterocycles. The molecule has 0 aromatic heterocycles. The van der Waals surface area contributed by atoms with Gasteiger partial charge in [-0.1, -0.05) is 19.3 Å². The van der Waals surface area contributed by atoms with Gasteiger partial charge in [-0.05, 0) is 37.5 Å². The van der Waals surface area contributed by atoms with Gasteiger partial charge < -0.3 is 5.11 Å². The van der Waals surface area contributed by atoms with E-state index in [-0.39, 0.29) is 12.5 Å². The quantitative estimate of drug-likeness (QED) is 0.848. The zero-order chi connectivity index (χ0) is 13.0. The van der Waals surface area contributed by atoms with Crippen molar-refractivity contribution in [2.24, 2.45) is 11.8 Å². The molecule has 2 rings (SSSR count). The molecule has 1 atom stereocenters.